The predicted octanol–water partition coefficient (Wildman–Crippen LogP) is 3.38. The summed E-state index contributed by atoms with van der Waals surface area (Å²) in [6.07, 6.45) is -5.98. The van der Waals surface area contributed by atoms with E-state index in [0.29, 0.717) is 6.42 Å². The molecule has 1 unspecified atom stereocenters. The second-order valence-electron chi connectivity index (χ2n) is 5.41. The minimum absolute atomic E-state index is 0.0519. The zero-order valence-corrected chi connectivity index (χ0v) is 10.8. The molecule has 0 amide bonds. The third kappa shape index (κ3) is 1.60. The largest absolute Gasteiger partial charge is 0.497 e. The van der Waals surface area contributed by atoms with Crippen molar-refractivity contribution in [3.63, 3.8) is 0 Å². The summed E-state index contributed by atoms with van der Waals surface area (Å²) in [4.78, 5) is -0.0519. The van der Waals surface area contributed by atoms with Crippen LogP contribution in [0.3, 0.4) is 0 Å². The lowest BCUT2D eigenvalue weighted by Crippen LogP contribution is -2.59. The molecule has 1 heterocycles. The van der Waals surface area contributed by atoms with Crippen LogP contribution < -0.4 is 4.74 Å². The molecule has 2 aliphatic carbocycles. The summed E-state index contributed by atoms with van der Waals surface area (Å²) < 4.78 is 139. The summed E-state index contributed by atoms with van der Waals surface area (Å²) in [5.41, 5.74) is -3.48. The highest BCUT2D eigenvalue weighted by molar-refractivity contribution is 5.45. The molecule has 0 aromatic heterocycles. The topological polar surface area (TPSA) is 12.5 Å². The first kappa shape index (κ1) is 4.25. The van der Waals surface area contributed by atoms with Gasteiger partial charge >= 0.3 is 0 Å². The van der Waals surface area contributed by atoms with Gasteiger partial charge in [-0.05, 0) is 68.2 Å². The number of likely N-dealkylation sites (N-methyl/N-ethyl adjacent to an activating group) is 1. The van der Waals surface area contributed by atoms with E-state index in [1.165, 1.54) is 0 Å². The normalized spacial score (nSPS) is 60.3. The first-order valence-corrected chi connectivity index (χ1v) is 6.67. The van der Waals surface area contributed by atoms with Gasteiger partial charge in [-0.15, -0.1) is 0 Å². The fourth-order valence-electron chi connectivity index (χ4n) is 3.57. The van der Waals surface area contributed by atoms with E-state index in [-0.39, 0.29) is 24.2 Å². The average molecular weight is 288 g/mol. The van der Waals surface area contributed by atoms with Gasteiger partial charge < -0.3 is 9.64 Å². The van der Waals surface area contributed by atoms with Crippen molar-refractivity contribution in [3.8, 4) is 5.75 Å². The molecule has 2 nitrogen and oxygen atoms in total. The zero-order chi connectivity index (χ0) is 27.7. The van der Waals surface area contributed by atoms with Gasteiger partial charge in [-0.2, -0.15) is 0 Å². The molecule has 2 fully saturated rings. The number of hydrogen-bond donors (Lipinski definition) is 0. The van der Waals surface area contributed by atoms with E-state index in [1.54, 1.807) is 0 Å². The van der Waals surface area contributed by atoms with Gasteiger partial charge in [0, 0.05) is 25.1 Å². The van der Waals surface area contributed by atoms with Crippen LogP contribution in [0.25, 0.3) is 0 Å². The summed E-state index contributed by atoms with van der Waals surface area (Å²) in [5, 5.41) is 0. The lowest BCUT2D eigenvalue weighted by molar-refractivity contribution is 0.00274. The van der Waals surface area contributed by atoms with Crippen LogP contribution in [0.4, 0.5) is 0 Å². The number of piperidine rings is 1. The highest BCUT2D eigenvalue weighted by Crippen LogP contribution is 2.55. The third-order valence-electron chi connectivity index (χ3n) is 4.46. The maximum absolute atomic E-state index is 9.34. The van der Waals surface area contributed by atoms with Crippen molar-refractivity contribution in [1.29, 1.82) is 0 Å². The van der Waals surface area contributed by atoms with Crippen molar-refractivity contribution < 1.29 is 26.7 Å². The van der Waals surface area contributed by atoms with Gasteiger partial charge in [-0.3, -0.25) is 0 Å². The number of rotatable bonds is 1. The van der Waals surface area contributed by atoms with Crippen LogP contribution >= 0.6 is 0 Å². The molecule has 0 spiro atoms. The Morgan fingerprint density at radius 3 is 3.45 bits per heavy atom. The predicted molar refractivity (Wildman–Crippen MR) is 81.4 cm³/mol. The summed E-state index contributed by atoms with van der Waals surface area (Å²) in [6, 6.07) is -5.77. The molecule has 1 saturated heterocycles. The van der Waals surface area contributed by atoms with E-state index >= 15 is 0 Å². The second kappa shape index (κ2) is 4.49. The minimum Gasteiger partial charge on any atom is -0.497 e. The molecule has 2 bridgehead atoms. The number of hydrogen-bond acceptors (Lipinski definition) is 2. The Bertz CT molecular complexity index is 1110. The molecule has 3 aliphatic rings. The summed E-state index contributed by atoms with van der Waals surface area (Å²) >= 11 is 0. The van der Waals surface area contributed by atoms with Crippen molar-refractivity contribution in [3.05, 3.63) is 29.3 Å². The number of methoxy groups -OCH3 is 1. The number of likely N-dealkylation sites (tertiary alicyclic amines) is 1. The van der Waals surface area contributed by atoms with Gasteiger partial charge in [0.2, 0.25) is 0 Å². The first-order chi connectivity index (χ1) is 16.0. The van der Waals surface area contributed by atoms with Gasteiger partial charge in [0.1, 0.15) is 5.75 Å². The lowest BCUT2D eigenvalue weighted by atomic mass is 9.52. The zero-order valence-electron chi connectivity index (χ0n) is 26.8. The first-order valence-electron chi connectivity index (χ1n) is 14.7. The number of ether oxygens (including phenoxy) is 1. The molecule has 4 rings (SSSR count). The fourth-order valence-corrected chi connectivity index (χ4v) is 3.57. The Morgan fingerprint density at radius 1 is 1.55 bits per heavy atom. The Balaban J connectivity index is 2.27. The molecule has 20 heavy (non-hydrogen) atoms. The molecule has 3 atom stereocenters. The molecular weight excluding hydrogens is 246 g/mol. The number of fused-ring (bicyclic) bond motifs is 1. The highest BCUT2D eigenvalue weighted by Gasteiger charge is 2.53. The van der Waals surface area contributed by atoms with E-state index in [0.717, 1.165) is 0 Å². The number of nitrogens with zero attached hydrogens (tertiary/aromatic N) is 1. The third-order valence-corrected chi connectivity index (χ3v) is 4.46. The minimum atomic E-state index is -3.47. The van der Waals surface area contributed by atoms with Crippen LogP contribution in [0.1, 0.15) is 65.1 Å². The van der Waals surface area contributed by atoms with Crippen LogP contribution in [-0.4, -0.2) is 31.4 Å². The van der Waals surface area contributed by atoms with Gasteiger partial charge in [0.05, 0.1) is 15.3 Å². The van der Waals surface area contributed by atoms with E-state index < -0.39 is 85.6 Å². The molecule has 1 aromatic carbocycles. The maximum atomic E-state index is 9.34. The van der Waals surface area contributed by atoms with E-state index in [9.17, 15) is 1.37 Å². The Hall–Kier alpha value is -1.02. The molecule has 108 valence electrons. The van der Waals surface area contributed by atoms with Crippen molar-refractivity contribution in [2.75, 3.05) is 20.5 Å². The lowest BCUT2D eigenvalue weighted by Gasteiger charge is -2.58. The van der Waals surface area contributed by atoms with Crippen LogP contribution in [0.5, 0.6) is 5.75 Å². The van der Waals surface area contributed by atoms with Crippen LogP contribution in [-0.2, 0) is 11.8 Å². The van der Waals surface area contributed by atoms with Gasteiger partial charge in [0.15, 0.2) is 0 Å². The van der Waals surface area contributed by atoms with E-state index in [2.05, 4.69) is 0 Å². The molecule has 0 N–H and O–H groups in total. The molecule has 1 aromatic rings. The van der Waals surface area contributed by atoms with Crippen LogP contribution in [0.2, 0.25) is 0 Å². The maximum Gasteiger partial charge on any atom is 0.119 e. The average Bonchev–Trinajstić information content (AvgIpc) is 2.69. The van der Waals surface area contributed by atoms with Crippen LogP contribution in [0.15, 0.2) is 18.1 Å². The monoisotopic (exact) mass is 287 g/mol. The van der Waals surface area contributed by atoms with Gasteiger partial charge in [-0.25, -0.2) is 0 Å². The summed E-state index contributed by atoms with van der Waals surface area (Å²) in [5.74, 6) is -2.39. The SMILES string of the molecule is [2H]c1c([2H])c2c(c([2H])c1OC([2H])([2H])[2H])[C@]13CCCCC1[C@@]([2H])(N(C([2H])([2H])[2H])C([2H])([2H])C3([2H])[2H])C2([2H])[2H]. The number of benzene rings is 1. The van der Waals surface area contributed by atoms with Gasteiger partial charge in [-0.1, -0.05) is 18.9 Å². The van der Waals surface area contributed by atoms with E-state index in [1.807, 2.05) is 0 Å². The van der Waals surface area contributed by atoms with Gasteiger partial charge in [0.25, 0.3) is 0 Å². The molecular formula is C18H25NO. The Morgan fingerprint density at radius 2 is 2.55 bits per heavy atom. The molecule has 0 radical (unpaired) electrons. The highest BCUT2D eigenvalue weighted by atomic mass is 16.5. The molecule has 1 aliphatic heterocycles. The van der Waals surface area contributed by atoms with Crippen molar-refractivity contribution in [1.82, 2.24) is 4.90 Å². The van der Waals surface area contributed by atoms with E-state index in [4.69, 9.17) is 25.3 Å². The van der Waals surface area contributed by atoms with Crippen molar-refractivity contribution >= 4 is 0 Å². The summed E-state index contributed by atoms with van der Waals surface area (Å²) in [6.45, 7) is -6.91. The Labute approximate surface area is 144 Å². The fraction of sp³-hybridized carbons (Fsp3) is 0.667. The summed E-state index contributed by atoms with van der Waals surface area (Å²) in [7, 11) is -3.17. The molecule has 2 heteroatoms. The van der Waals surface area contributed by atoms with Crippen LogP contribution in [0, 0.1) is 5.92 Å². The standard InChI is InChI=1S/C18H25NO/c1-19-10-9-18-8-4-3-5-15(18)17(19)11-13-6-7-14(20-2)12-16(13)18/h6-7,12,15,17H,3-5,8-11H2,1-2H3/t15?,17-,18-/m0/s1/i1D3,2D3,6D,7D,9D2,10D2,11D2,12D,17D. The quantitative estimate of drug-likeness (QED) is 0.785. The molecule has 1 saturated carbocycles. The van der Waals surface area contributed by atoms with Crippen molar-refractivity contribution in [2.24, 2.45) is 5.92 Å². The van der Waals surface area contributed by atoms with Crippen molar-refractivity contribution in [2.45, 2.75) is 49.9 Å². The second-order valence-corrected chi connectivity index (χ2v) is 5.41. The smallest absolute Gasteiger partial charge is 0.119 e. The Kier molecular flexibility index (Phi) is 0.955.